The van der Waals surface area contributed by atoms with Gasteiger partial charge in [-0.1, -0.05) is 24.3 Å². The molecule has 1 amide bonds. The van der Waals surface area contributed by atoms with Crippen LogP contribution in [0, 0.1) is 0 Å². The molecule has 1 saturated heterocycles. The molecule has 1 fully saturated rings. The van der Waals surface area contributed by atoms with E-state index in [9.17, 15) is 19.2 Å². The first-order chi connectivity index (χ1) is 14.0. The number of allylic oxidation sites excluding steroid dienone is 2. The van der Waals surface area contributed by atoms with Crippen LogP contribution in [0.25, 0.3) is 0 Å². The van der Waals surface area contributed by atoms with E-state index < -0.39 is 12.3 Å². The molecule has 0 bridgehead atoms. The number of carbonyl (C=O) groups excluding carboxylic acids is 4. The summed E-state index contributed by atoms with van der Waals surface area (Å²) in [6.45, 7) is 0.947. The maximum atomic E-state index is 12.9. The van der Waals surface area contributed by atoms with Gasteiger partial charge in [0.1, 0.15) is 6.61 Å². The van der Waals surface area contributed by atoms with Crippen molar-refractivity contribution in [3.05, 3.63) is 58.4 Å². The molecule has 1 aromatic rings. The predicted octanol–water partition coefficient (Wildman–Crippen LogP) is 1.41. The first kappa shape index (κ1) is 19.1. The smallest absolute Gasteiger partial charge is 0.373 e. The van der Waals surface area contributed by atoms with Crippen LogP contribution in [0.1, 0.15) is 33.6 Å². The van der Waals surface area contributed by atoms with Crippen LogP contribution in [0.3, 0.4) is 0 Å². The van der Waals surface area contributed by atoms with Crippen LogP contribution in [0.2, 0.25) is 0 Å². The van der Waals surface area contributed by atoms with E-state index >= 15 is 0 Å². The summed E-state index contributed by atoms with van der Waals surface area (Å²) in [5.41, 5.74) is 0.671. The van der Waals surface area contributed by atoms with E-state index in [1.54, 1.807) is 29.2 Å². The molecule has 0 aromatic heterocycles. The quantitative estimate of drug-likeness (QED) is 0.693. The molecule has 2 aliphatic heterocycles. The van der Waals surface area contributed by atoms with Crippen LogP contribution in [0.4, 0.5) is 0 Å². The summed E-state index contributed by atoms with van der Waals surface area (Å²) in [6.07, 6.45) is 1.34. The minimum atomic E-state index is -1.19. The van der Waals surface area contributed by atoms with Crippen LogP contribution in [-0.2, 0) is 23.8 Å². The predicted molar refractivity (Wildman–Crippen MR) is 98.9 cm³/mol. The van der Waals surface area contributed by atoms with Gasteiger partial charge in [0, 0.05) is 36.8 Å². The van der Waals surface area contributed by atoms with Crippen LogP contribution < -0.4 is 0 Å². The fraction of sp³-hybridized carbons (Fsp3) is 0.333. The SMILES string of the molecule is COC1OC(C(=O)OCCN2CCCC2=O)=CC2=C1C(=O)c1ccccc1C2=O. The molecule has 3 aliphatic rings. The van der Waals surface area contributed by atoms with E-state index in [1.807, 2.05) is 0 Å². The standard InChI is InChI=1S/C21H19NO7/c1-27-21-17-14(18(24)12-5-2-3-6-13(12)19(17)25)11-15(29-21)20(26)28-10-9-22-8-4-7-16(22)23/h2-3,5-6,11,21H,4,7-10H2,1H3. The third-order valence-corrected chi connectivity index (χ3v) is 5.12. The lowest BCUT2D eigenvalue weighted by atomic mass is 9.82. The molecule has 0 N–H and O–H groups in total. The average molecular weight is 397 g/mol. The normalized spacial score (nSPS) is 20.9. The Labute approximate surface area is 166 Å². The monoisotopic (exact) mass is 397 g/mol. The van der Waals surface area contributed by atoms with E-state index in [4.69, 9.17) is 14.2 Å². The number of fused-ring (bicyclic) bond motifs is 1. The number of rotatable bonds is 5. The number of amides is 1. The van der Waals surface area contributed by atoms with E-state index in [2.05, 4.69) is 0 Å². The summed E-state index contributed by atoms with van der Waals surface area (Å²) < 4.78 is 15.9. The third kappa shape index (κ3) is 3.36. The second kappa shape index (κ2) is 7.63. The molecule has 0 radical (unpaired) electrons. The molecular formula is C21H19NO7. The molecule has 1 unspecified atom stereocenters. The van der Waals surface area contributed by atoms with Gasteiger partial charge in [-0.05, 0) is 12.5 Å². The highest BCUT2D eigenvalue weighted by Gasteiger charge is 2.40. The number of carbonyl (C=O) groups is 4. The number of ketones is 2. The summed E-state index contributed by atoms with van der Waals surface area (Å²) in [4.78, 5) is 51.4. The van der Waals surface area contributed by atoms with Crippen molar-refractivity contribution < 1.29 is 33.4 Å². The Balaban J connectivity index is 1.55. The minimum Gasteiger partial charge on any atom is -0.458 e. The van der Waals surface area contributed by atoms with Crippen LogP contribution in [0.5, 0.6) is 0 Å². The number of likely N-dealkylation sites (tertiary alicyclic amines) is 1. The molecule has 8 heteroatoms. The number of hydrogen-bond acceptors (Lipinski definition) is 7. The van der Waals surface area contributed by atoms with Crippen molar-refractivity contribution in [2.24, 2.45) is 0 Å². The van der Waals surface area contributed by atoms with Crippen molar-refractivity contribution in [1.82, 2.24) is 4.90 Å². The summed E-state index contributed by atoms with van der Waals surface area (Å²) in [6, 6.07) is 6.47. The first-order valence-corrected chi connectivity index (χ1v) is 9.30. The Bertz CT molecular complexity index is 975. The fourth-order valence-electron chi connectivity index (χ4n) is 3.66. The lowest BCUT2D eigenvalue weighted by Crippen LogP contribution is -2.35. The molecule has 29 heavy (non-hydrogen) atoms. The van der Waals surface area contributed by atoms with Crippen LogP contribution >= 0.6 is 0 Å². The number of ether oxygens (including phenoxy) is 3. The highest BCUT2D eigenvalue weighted by molar-refractivity contribution is 6.28. The molecule has 8 nitrogen and oxygen atoms in total. The van der Waals surface area contributed by atoms with Gasteiger partial charge < -0.3 is 19.1 Å². The molecule has 1 atom stereocenters. The van der Waals surface area contributed by atoms with Crippen molar-refractivity contribution in [3.63, 3.8) is 0 Å². The summed E-state index contributed by atoms with van der Waals surface area (Å²) in [7, 11) is 1.32. The van der Waals surface area contributed by atoms with Gasteiger partial charge in [0.2, 0.25) is 18.0 Å². The lowest BCUT2D eigenvalue weighted by Gasteiger charge is -2.29. The van der Waals surface area contributed by atoms with Gasteiger partial charge in [-0.3, -0.25) is 14.4 Å². The summed E-state index contributed by atoms with van der Waals surface area (Å²) in [5.74, 6) is -1.73. The van der Waals surface area contributed by atoms with E-state index in [0.29, 0.717) is 19.5 Å². The number of hydrogen-bond donors (Lipinski definition) is 0. The van der Waals surface area contributed by atoms with Gasteiger partial charge in [0.15, 0.2) is 11.6 Å². The molecule has 4 rings (SSSR count). The zero-order valence-electron chi connectivity index (χ0n) is 15.8. The van der Waals surface area contributed by atoms with Gasteiger partial charge in [0.25, 0.3) is 0 Å². The Morgan fingerprint density at radius 3 is 2.55 bits per heavy atom. The minimum absolute atomic E-state index is 0.00450. The molecule has 0 saturated carbocycles. The average Bonchev–Trinajstić information content (AvgIpc) is 3.15. The van der Waals surface area contributed by atoms with Crippen molar-refractivity contribution in [1.29, 1.82) is 0 Å². The lowest BCUT2D eigenvalue weighted by molar-refractivity contribution is -0.151. The summed E-state index contributed by atoms with van der Waals surface area (Å²) >= 11 is 0. The highest BCUT2D eigenvalue weighted by atomic mass is 16.7. The Morgan fingerprint density at radius 2 is 1.90 bits per heavy atom. The van der Waals surface area contributed by atoms with Crippen LogP contribution in [-0.4, -0.2) is 61.4 Å². The van der Waals surface area contributed by atoms with Crippen molar-refractivity contribution >= 4 is 23.4 Å². The maximum Gasteiger partial charge on any atom is 0.373 e. The number of esters is 1. The van der Waals surface area contributed by atoms with Crippen molar-refractivity contribution in [3.8, 4) is 0 Å². The number of methoxy groups -OCH3 is 1. The number of benzene rings is 1. The van der Waals surface area contributed by atoms with Crippen molar-refractivity contribution in [2.45, 2.75) is 19.1 Å². The van der Waals surface area contributed by atoms with E-state index in [-0.39, 0.29) is 52.1 Å². The largest absolute Gasteiger partial charge is 0.458 e. The molecule has 0 spiro atoms. The van der Waals surface area contributed by atoms with Crippen LogP contribution in [0.15, 0.2) is 47.2 Å². The zero-order valence-corrected chi connectivity index (χ0v) is 15.8. The second-order valence-electron chi connectivity index (χ2n) is 6.85. The molecule has 1 aliphatic carbocycles. The second-order valence-corrected chi connectivity index (χ2v) is 6.85. The Morgan fingerprint density at radius 1 is 1.17 bits per heavy atom. The highest BCUT2D eigenvalue weighted by Crippen LogP contribution is 2.34. The molecule has 150 valence electrons. The third-order valence-electron chi connectivity index (χ3n) is 5.12. The van der Waals surface area contributed by atoms with Gasteiger partial charge >= 0.3 is 5.97 Å². The van der Waals surface area contributed by atoms with Gasteiger partial charge in [-0.25, -0.2) is 4.79 Å². The first-order valence-electron chi connectivity index (χ1n) is 9.30. The van der Waals surface area contributed by atoms with Gasteiger partial charge in [-0.2, -0.15) is 0 Å². The van der Waals surface area contributed by atoms with Gasteiger partial charge in [-0.15, -0.1) is 0 Å². The topological polar surface area (TPSA) is 99.2 Å². The summed E-state index contributed by atoms with van der Waals surface area (Å²) in [5, 5.41) is 0. The zero-order chi connectivity index (χ0) is 20.5. The van der Waals surface area contributed by atoms with Gasteiger partial charge in [0.05, 0.1) is 12.1 Å². The van der Waals surface area contributed by atoms with E-state index in [0.717, 1.165) is 6.42 Å². The Hall–Kier alpha value is -3.26. The Kier molecular flexibility index (Phi) is 5.02. The van der Waals surface area contributed by atoms with E-state index in [1.165, 1.54) is 13.2 Å². The molecular weight excluding hydrogens is 378 g/mol. The van der Waals surface area contributed by atoms with Crippen molar-refractivity contribution in [2.75, 3.05) is 26.8 Å². The fourth-order valence-corrected chi connectivity index (χ4v) is 3.66. The number of nitrogens with zero attached hydrogens (tertiary/aromatic N) is 1. The molecule has 2 heterocycles. The number of Topliss-reactive ketones (excluding diaryl/α,β-unsaturated/α-hetero) is 2. The maximum absolute atomic E-state index is 12.9. The molecule has 1 aromatic carbocycles.